The molecular formula is C14H18BrNO4S. The summed E-state index contributed by atoms with van der Waals surface area (Å²) in [4.78, 5) is 12.3. The van der Waals surface area contributed by atoms with Crippen molar-refractivity contribution in [1.29, 1.82) is 0 Å². The number of esters is 1. The van der Waals surface area contributed by atoms with Gasteiger partial charge < -0.3 is 10.5 Å². The fourth-order valence-corrected chi connectivity index (χ4v) is 5.19. The van der Waals surface area contributed by atoms with Crippen molar-refractivity contribution in [2.75, 3.05) is 19.4 Å². The van der Waals surface area contributed by atoms with E-state index < -0.39 is 32.4 Å². The van der Waals surface area contributed by atoms with Crippen molar-refractivity contribution in [3.8, 4) is 0 Å². The van der Waals surface area contributed by atoms with Crippen LogP contribution in [0.25, 0.3) is 0 Å². The molecule has 1 aromatic carbocycles. The largest absolute Gasteiger partial charge is 0.465 e. The summed E-state index contributed by atoms with van der Waals surface area (Å²) in [5.74, 6) is -0.986. The minimum atomic E-state index is -3.41. The monoisotopic (exact) mass is 375 g/mol. The van der Waals surface area contributed by atoms with Gasteiger partial charge in [0.1, 0.15) is 5.41 Å². The van der Waals surface area contributed by atoms with Crippen LogP contribution in [0.5, 0.6) is 0 Å². The highest BCUT2D eigenvalue weighted by Gasteiger charge is 2.74. The van der Waals surface area contributed by atoms with E-state index in [0.717, 1.165) is 16.3 Å². The summed E-state index contributed by atoms with van der Waals surface area (Å²) < 4.78 is 30.1. The van der Waals surface area contributed by atoms with Gasteiger partial charge in [-0.25, -0.2) is 8.42 Å². The van der Waals surface area contributed by atoms with Crippen molar-refractivity contribution >= 4 is 31.7 Å². The topological polar surface area (TPSA) is 86.5 Å². The lowest BCUT2D eigenvalue weighted by Crippen LogP contribution is -2.33. The highest BCUT2D eigenvalue weighted by molar-refractivity contribution is 9.10. The van der Waals surface area contributed by atoms with Gasteiger partial charge in [0.15, 0.2) is 9.84 Å². The average Bonchev–Trinajstić information content (AvgIpc) is 3.10. The molecule has 0 bridgehead atoms. The van der Waals surface area contributed by atoms with Gasteiger partial charge >= 0.3 is 5.97 Å². The van der Waals surface area contributed by atoms with E-state index in [9.17, 15) is 13.2 Å². The molecule has 2 N–H and O–H groups in total. The maximum atomic E-state index is 12.3. The molecular weight excluding hydrogens is 358 g/mol. The van der Waals surface area contributed by atoms with Gasteiger partial charge in [0.2, 0.25) is 0 Å². The van der Waals surface area contributed by atoms with Crippen molar-refractivity contribution in [3.05, 3.63) is 34.3 Å². The summed E-state index contributed by atoms with van der Waals surface area (Å²) in [6, 6.07) is 7.26. The Kier molecular flexibility index (Phi) is 4.46. The Labute approximate surface area is 132 Å². The predicted octanol–water partition coefficient (Wildman–Crippen LogP) is 1.47. The number of carbonyl (C=O) groups excluding carboxylic acids is 1. The number of halogens is 1. The van der Waals surface area contributed by atoms with Gasteiger partial charge in [0.25, 0.3) is 0 Å². The molecule has 2 rings (SSSR count). The molecule has 1 aromatic rings. The molecule has 21 heavy (non-hydrogen) atoms. The molecule has 116 valence electrons. The Morgan fingerprint density at radius 2 is 1.95 bits per heavy atom. The first-order valence-corrected chi connectivity index (χ1v) is 9.35. The van der Waals surface area contributed by atoms with Crippen molar-refractivity contribution in [2.24, 2.45) is 11.1 Å². The van der Waals surface area contributed by atoms with Gasteiger partial charge in [-0.1, -0.05) is 28.1 Å². The second-order valence-corrected chi connectivity index (χ2v) is 8.33. The van der Waals surface area contributed by atoms with Crippen LogP contribution in [0.15, 0.2) is 28.7 Å². The third-order valence-corrected chi connectivity index (χ3v) is 6.08. The molecule has 1 aliphatic carbocycles. The molecule has 0 aliphatic heterocycles. The Morgan fingerprint density at radius 3 is 2.38 bits per heavy atom. The van der Waals surface area contributed by atoms with Crippen molar-refractivity contribution in [3.63, 3.8) is 0 Å². The molecule has 0 radical (unpaired) electrons. The van der Waals surface area contributed by atoms with Crippen LogP contribution in [0.3, 0.4) is 0 Å². The lowest BCUT2D eigenvalue weighted by Gasteiger charge is -2.14. The molecule has 0 spiro atoms. The van der Waals surface area contributed by atoms with E-state index in [1.165, 1.54) is 0 Å². The Bertz CT molecular complexity index is 643. The highest BCUT2D eigenvalue weighted by Crippen LogP contribution is 2.62. The third kappa shape index (κ3) is 2.74. The molecule has 1 fully saturated rings. The minimum Gasteiger partial charge on any atom is -0.465 e. The first kappa shape index (κ1) is 16.5. The number of benzene rings is 1. The number of sulfone groups is 1. The van der Waals surface area contributed by atoms with Crippen LogP contribution >= 0.6 is 15.9 Å². The molecule has 0 heterocycles. The number of hydrogen-bond donors (Lipinski definition) is 1. The first-order chi connectivity index (χ1) is 9.79. The lowest BCUT2D eigenvalue weighted by molar-refractivity contribution is -0.149. The van der Waals surface area contributed by atoms with E-state index in [2.05, 4.69) is 15.9 Å². The SMILES string of the molecule is CCOC(=O)[C@]1(CN)[C@H](c2ccc(Br)cc2)[C@H]1S(C)(=O)=O. The summed E-state index contributed by atoms with van der Waals surface area (Å²) in [5, 5.41) is -0.824. The number of nitrogens with two attached hydrogens (primary N) is 1. The van der Waals surface area contributed by atoms with E-state index >= 15 is 0 Å². The average molecular weight is 376 g/mol. The Balaban J connectivity index is 2.47. The summed E-state index contributed by atoms with van der Waals surface area (Å²) in [7, 11) is -3.41. The number of hydrogen-bond acceptors (Lipinski definition) is 5. The quantitative estimate of drug-likeness (QED) is 0.787. The lowest BCUT2D eigenvalue weighted by atomic mass is 9.99. The van der Waals surface area contributed by atoms with Crippen LogP contribution in [0.2, 0.25) is 0 Å². The standard InChI is InChI=1S/C14H18BrNO4S/c1-3-20-13(17)14(8-16)11(12(14)21(2,18)19)9-4-6-10(15)7-5-9/h4-7,11-12H,3,8,16H2,1-2H3/t11-,12-,14-/m1/s1. The highest BCUT2D eigenvalue weighted by atomic mass is 79.9. The van der Waals surface area contributed by atoms with Crippen LogP contribution in [-0.2, 0) is 19.4 Å². The summed E-state index contributed by atoms with van der Waals surface area (Å²) in [6.07, 6.45) is 1.14. The second-order valence-electron chi connectivity index (χ2n) is 5.24. The van der Waals surface area contributed by atoms with Gasteiger partial charge in [0, 0.05) is 23.2 Å². The van der Waals surface area contributed by atoms with Crippen LogP contribution in [0.4, 0.5) is 0 Å². The molecule has 5 nitrogen and oxygen atoms in total. The predicted molar refractivity (Wildman–Crippen MR) is 83.6 cm³/mol. The van der Waals surface area contributed by atoms with E-state index in [1.807, 2.05) is 24.3 Å². The fourth-order valence-electron chi connectivity index (χ4n) is 3.01. The molecule has 0 aromatic heterocycles. The van der Waals surface area contributed by atoms with Crippen molar-refractivity contribution in [2.45, 2.75) is 18.1 Å². The van der Waals surface area contributed by atoms with E-state index in [4.69, 9.17) is 10.5 Å². The summed E-state index contributed by atoms with van der Waals surface area (Å²) in [5.41, 5.74) is 5.39. The van der Waals surface area contributed by atoms with Crippen LogP contribution in [-0.4, -0.2) is 39.0 Å². The van der Waals surface area contributed by atoms with Crippen molar-refractivity contribution in [1.82, 2.24) is 0 Å². The molecule has 3 atom stereocenters. The van der Waals surface area contributed by atoms with Crippen LogP contribution in [0.1, 0.15) is 18.4 Å². The summed E-state index contributed by atoms with van der Waals surface area (Å²) in [6.45, 7) is 1.84. The van der Waals surface area contributed by atoms with Gasteiger partial charge in [-0.3, -0.25) is 4.79 Å². The molecule has 0 unspecified atom stereocenters. The smallest absolute Gasteiger partial charge is 0.315 e. The minimum absolute atomic E-state index is 0.0513. The molecule has 0 saturated heterocycles. The zero-order chi connectivity index (χ0) is 15.8. The van der Waals surface area contributed by atoms with E-state index in [-0.39, 0.29) is 13.2 Å². The third-order valence-electron chi connectivity index (χ3n) is 3.94. The fraction of sp³-hybridized carbons (Fsp3) is 0.500. The van der Waals surface area contributed by atoms with Gasteiger partial charge in [-0.15, -0.1) is 0 Å². The normalized spacial score (nSPS) is 28.2. The number of ether oxygens (including phenoxy) is 1. The van der Waals surface area contributed by atoms with Gasteiger partial charge in [-0.05, 0) is 24.6 Å². The molecule has 1 aliphatic rings. The van der Waals surface area contributed by atoms with Crippen molar-refractivity contribution < 1.29 is 17.9 Å². The molecule has 1 saturated carbocycles. The second kappa shape index (κ2) is 5.70. The Hall–Kier alpha value is -0.920. The van der Waals surface area contributed by atoms with E-state index in [1.54, 1.807) is 6.92 Å². The summed E-state index contributed by atoms with van der Waals surface area (Å²) >= 11 is 3.33. The zero-order valence-corrected chi connectivity index (χ0v) is 14.3. The maximum absolute atomic E-state index is 12.3. The zero-order valence-electron chi connectivity index (χ0n) is 11.9. The Morgan fingerprint density at radius 1 is 1.38 bits per heavy atom. The van der Waals surface area contributed by atoms with Gasteiger partial charge in [0.05, 0.1) is 11.9 Å². The number of rotatable bonds is 5. The number of carbonyl (C=O) groups is 1. The maximum Gasteiger partial charge on any atom is 0.315 e. The molecule has 7 heteroatoms. The van der Waals surface area contributed by atoms with Gasteiger partial charge in [-0.2, -0.15) is 0 Å². The molecule has 0 amide bonds. The first-order valence-electron chi connectivity index (χ1n) is 6.60. The van der Waals surface area contributed by atoms with Crippen LogP contribution in [0, 0.1) is 5.41 Å². The van der Waals surface area contributed by atoms with E-state index in [0.29, 0.717) is 0 Å². The van der Waals surface area contributed by atoms with Crippen LogP contribution < -0.4 is 5.73 Å².